The molecule has 0 radical (unpaired) electrons. The van der Waals surface area contributed by atoms with Crippen LogP contribution in [0.25, 0.3) is 0 Å². The van der Waals surface area contributed by atoms with E-state index in [1.54, 1.807) is 6.08 Å². The smallest absolute Gasteiger partial charge is 0.0626 e. The van der Waals surface area contributed by atoms with E-state index in [1.807, 2.05) is 30.3 Å². The lowest BCUT2D eigenvalue weighted by Crippen LogP contribution is -2.24. The average Bonchev–Trinajstić information content (AvgIpc) is 2.26. The highest BCUT2D eigenvalue weighted by Crippen LogP contribution is 2.10. The van der Waals surface area contributed by atoms with Crippen molar-refractivity contribution in [1.29, 1.82) is 0 Å². The summed E-state index contributed by atoms with van der Waals surface area (Å²) >= 11 is 5.39. The van der Waals surface area contributed by atoms with Gasteiger partial charge in [0, 0.05) is 12.1 Å². The first kappa shape index (κ1) is 11.2. The third-order valence-electron chi connectivity index (χ3n) is 1.96. The molecule has 0 saturated heterocycles. The molecule has 0 fully saturated rings. The van der Waals surface area contributed by atoms with Crippen LogP contribution in [0.4, 0.5) is 0 Å². The van der Waals surface area contributed by atoms with E-state index in [4.69, 9.17) is 16.7 Å². The molecular weight excluding hydrogens is 198 g/mol. The molecule has 0 aliphatic carbocycles. The predicted molar refractivity (Wildman–Crippen MR) is 59.3 cm³/mol. The topological polar surface area (TPSA) is 32.3 Å². The number of nitrogens with one attached hydrogen (secondary N) is 1. The van der Waals surface area contributed by atoms with Crippen LogP contribution >= 0.6 is 11.6 Å². The first-order chi connectivity index (χ1) is 6.88. The number of halogens is 1. The van der Waals surface area contributed by atoms with E-state index in [9.17, 15) is 0 Å². The fourth-order valence-electron chi connectivity index (χ4n) is 1.23. The van der Waals surface area contributed by atoms with Gasteiger partial charge in [0.15, 0.2) is 0 Å². The molecule has 0 amide bonds. The number of hydrogen-bond acceptors (Lipinski definition) is 2. The van der Waals surface area contributed by atoms with Crippen molar-refractivity contribution in [1.82, 2.24) is 5.32 Å². The molecule has 14 heavy (non-hydrogen) atoms. The Morgan fingerprint density at radius 3 is 2.64 bits per heavy atom. The van der Waals surface area contributed by atoms with Gasteiger partial charge in [0.05, 0.1) is 12.6 Å². The van der Waals surface area contributed by atoms with Gasteiger partial charge in [-0.05, 0) is 5.56 Å². The van der Waals surface area contributed by atoms with Crippen LogP contribution in [-0.4, -0.2) is 18.3 Å². The summed E-state index contributed by atoms with van der Waals surface area (Å²) in [6, 6.07) is 9.81. The lowest BCUT2D eigenvalue weighted by Gasteiger charge is -2.15. The summed E-state index contributed by atoms with van der Waals surface area (Å²) in [5.41, 5.74) is 2.55. The molecule has 2 nitrogen and oxygen atoms in total. The van der Waals surface area contributed by atoms with Crippen molar-refractivity contribution in [3.05, 3.63) is 47.5 Å². The van der Waals surface area contributed by atoms with Crippen LogP contribution in [0.3, 0.4) is 0 Å². The summed E-state index contributed by atoms with van der Waals surface area (Å²) in [5, 5.41) is 12.3. The van der Waals surface area contributed by atoms with Gasteiger partial charge in [-0.15, -0.1) is 0 Å². The summed E-state index contributed by atoms with van der Waals surface area (Å²) in [4.78, 5) is 0. The lowest BCUT2D eigenvalue weighted by molar-refractivity contribution is 0.248. The SMILES string of the molecule is OCC(NC/C=C/Cl)c1ccccc1. The van der Waals surface area contributed by atoms with Crippen molar-refractivity contribution in [3.63, 3.8) is 0 Å². The minimum Gasteiger partial charge on any atom is -0.394 e. The average molecular weight is 212 g/mol. The monoisotopic (exact) mass is 211 g/mol. The van der Waals surface area contributed by atoms with E-state index in [-0.39, 0.29) is 12.6 Å². The maximum Gasteiger partial charge on any atom is 0.0626 e. The number of aliphatic hydroxyl groups excluding tert-OH is 1. The molecule has 2 N–H and O–H groups in total. The van der Waals surface area contributed by atoms with Gasteiger partial charge in [-0.2, -0.15) is 0 Å². The van der Waals surface area contributed by atoms with E-state index in [2.05, 4.69) is 5.32 Å². The molecular formula is C11H14ClNO. The Labute approximate surface area is 89.2 Å². The fourth-order valence-corrected chi connectivity index (χ4v) is 1.32. The molecule has 1 atom stereocenters. The Kier molecular flexibility index (Phi) is 5.30. The standard InChI is InChI=1S/C11H14ClNO/c12-7-4-8-13-11(9-14)10-5-2-1-3-6-10/h1-7,11,13-14H,8-9H2/b7-4+. The molecule has 0 aliphatic rings. The van der Waals surface area contributed by atoms with E-state index in [0.717, 1.165) is 5.56 Å². The van der Waals surface area contributed by atoms with Crippen molar-refractivity contribution in [3.8, 4) is 0 Å². The van der Waals surface area contributed by atoms with Crippen LogP contribution in [0.15, 0.2) is 41.9 Å². The molecule has 0 aromatic heterocycles. The van der Waals surface area contributed by atoms with Gasteiger partial charge in [-0.1, -0.05) is 48.0 Å². The normalized spacial score (nSPS) is 13.3. The van der Waals surface area contributed by atoms with Crippen molar-refractivity contribution in [2.75, 3.05) is 13.2 Å². The molecule has 3 heteroatoms. The van der Waals surface area contributed by atoms with E-state index in [0.29, 0.717) is 6.54 Å². The second-order valence-electron chi connectivity index (χ2n) is 2.92. The Balaban J connectivity index is 2.54. The zero-order valence-corrected chi connectivity index (χ0v) is 8.61. The molecule has 76 valence electrons. The fraction of sp³-hybridized carbons (Fsp3) is 0.273. The third-order valence-corrected chi connectivity index (χ3v) is 2.13. The Morgan fingerprint density at radius 2 is 2.07 bits per heavy atom. The second kappa shape index (κ2) is 6.60. The highest BCUT2D eigenvalue weighted by molar-refractivity contribution is 6.25. The van der Waals surface area contributed by atoms with Crippen LogP contribution in [0.2, 0.25) is 0 Å². The third kappa shape index (κ3) is 3.50. The largest absolute Gasteiger partial charge is 0.394 e. The summed E-state index contributed by atoms with van der Waals surface area (Å²) in [7, 11) is 0. The summed E-state index contributed by atoms with van der Waals surface area (Å²) in [5.74, 6) is 0. The molecule has 1 rings (SSSR count). The van der Waals surface area contributed by atoms with Crippen molar-refractivity contribution in [2.45, 2.75) is 6.04 Å². The van der Waals surface area contributed by atoms with Crippen molar-refractivity contribution >= 4 is 11.6 Å². The number of rotatable bonds is 5. The second-order valence-corrected chi connectivity index (χ2v) is 3.17. The maximum absolute atomic E-state index is 9.16. The van der Waals surface area contributed by atoms with E-state index < -0.39 is 0 Å². The van der Waals surface area contributed by atoms with Gasteiger partial charge in [0.25, 0.3) is 0 Å². The van der Waals surface area contributed by atoms with Crippen molar-refractivity contribution in [2.24, 2.45) is 0 Å². The van der Waals surface area contributed by atoms with E-state index in [1.165, 1.54) is 5.54 Å². The van der Waals surface area contributed by atoms with Gasteiger partial charge in [-0.3, -0.25) is 0 Å². The highest BCUT2D eigenvalue weighted by atomic mass is 35.5. The highest BCUT2D eigenvalue weighted by Gasteiger charge is 2.06. The van der Waals surface area contributed by atoms with E-state index >= 15 is 0 Å². The van der Waals surface area contributed by atoms with Crippen molar-refractivity contribution < 1.29 is 5.11 Å². The summed E-state index contributed by atoms with van der Waals surface area (Å²) in [6.45, 7) is 0.740. The van der Waals surface area contributed by atoms with Crippen LogP contribution in [0.5, 0.6) is 0 Å². The molecule has 1 aromatic rings. The Bertz CT molecular complexity index is 274. The van der Waals surface area contributed by atoms with Gasteiger partial charge < -0.3 is 10.4 Å². The van der Waals surface area contributed by atoms with Crippen LogP contribution in [0.1, 0.15) is 11.6 Å². The quantitative estimate of drug-likeness (QED) is 0.782. The molecule has 0 spiro atoms. The first-order valence-electron chi connectivity index (χ1n) is 4.53. The van der Waals surface area contributed by atoms with Gasteiger partial charge >= 0.3 is 0 Å². The molecule has 0 saturated carbocycles. The first-order valence-corrected chi connectivity index (χ1v) is 4.96. The molecule has 0 bridgehead atoms. The Hall–Kier alpha value is -0.830. The zero-order chi connectivity index (χ0) is 10.2. The predicted octanol–water partition coefficient (Wildman–Crippen LogP) is 2.06. The van der Waals surface area contributed by atoms with Gasteiger partial charge in [-0.25, -0.2) is 0 Å². The summed E-state index contributed by atoms with van der Waals surface area (Å²) < 4.78 is 0. The number of aliphatic hydroxyl groups is 1. The minimum atomic E-state index is -0.0240. The number of hydrogen-bond donors (Lipinski definition) is 2. The molecule has 1 unspecified atom stereocenters. The Morgan fingerprint density at radius 1 is 1.36 bits per heavy atom. The minimum absolute atomic E-state index is 0.0240. The lowest BCUT2D eigenvalue weighted by atomic mass is 10.1. The van der Waals surface area contributed by atoms with Gasteiger partial charge in [0.2, 0.25) is 0 Å². The zero-order valence-electron chi connectivity index (χ0n) is 7.86. The van der Waals surface area contributed by atoms with Gasteiger partial charge in [0.1, 0.15) is 0 Å². The molecule has 0 aliphatic heterocycles. The maximum atomic E-state index is 9.16. The summed E-state index contributed by atoms with van der Waals surface area (Å²) in [6.07, 6.45) is 1.80. The molecule has 0 heterocycles. The van der Waals surface area contributed by atoms with Crippen LogP contribution in [0, 0.1) is 0 Å². The van der Waals surface area contributed by atoms with Crippen LogP contribution < -0.4 is 5.32 Å². The van der Waals surface area contributed by atoms with Crippen LogP contribution in [-0.2, 0) is 0 Å². The number of benzene rings is 1. The molecule has 1 aromatic carbocycles.